The lowest BCUT2D eigenvalue weighted by Crippen LogP contribution is -2.37. The number of carboxylic acids is 1. The number of rotatable bonds is 7. The first kappa shape index (κ1) is 13.9. The molecule has 1 N–H and O–H groups in total. The van der Waals surface area contributed by atoms with Crippen LogP contribution in [0.4, 0.5) is 0 Å². The van der Waals surface area contributed by atoms with Gasteiger partial charge in [0.25, 0.3) is 5.91 Å². The maximum Gasteiger partial charge on any atom is 0.303 e. The van der Waals surface area contributed by atoms with Crippen molar-refractivity contribution in [2.45, 2.75) is 32.8 Å². The summed E-state index contributed by atoms with van der Waals surface area (Å²) in [5.74, 6) is -0.948. The molecule has 0 saturated carbocycles. The van der Waals surface area contributed by atoms with Crippen LogP contribution in [0.5, 0.6) is 0 Å². The van der Waals surface area contributed by atoms with Gasteiger partial charge in [0.15, 0.2) is 0 Å². The van der Waals surface area contributed by atoms with Gasteiger partial charge < -0.3 is 14.7 Å². The van der Waals surface area contributed by atoms with E-state index in [-0.39, 0.29) is 12.3 Å². The first-order valence-corrected chi connectivity index (χ1v) is 5.07. The van der Waals surface area contributed by atoms with Gasteiger partial charge in [-0.1, -0.05) is 0 Å². The molecule has 1 unspecified atom stereocenters. The van der Waals surface area contributed by atoms with Gasteiger partial charge in [-0.25, -0.2) is 0 Å². The van der Waals surface area contributed by atoms with Gasteiger partial charge in [0.1, 0.15) is 6.10 Å². The van der Waals surface area contributed by atoms with Gasteiger partial charge in [-0.05, 0) is 20.3 Å². The Morgan fingerprint density at radius 1 is 1.47 bits per heavy atom. The lowest BCUT2D eigenvalue weighted by molar-refractivity contribution is -0.142. The van der Waals surface area contributed by atoms with Crippen LogP contribution in [0, 0.1) is 0 Å². The van der Waals surface area contributed by atoms with Gasteiger partial charge in [0.05, 0.1) is 0 Å². The van der Waals surface area contributed by atoms with Crippen molar-refractivity contribution in [2.24, 2.45) is 0 Å². The highest BCUT2D eigenvalue weighted by Gasteiger charge is 2.16. The highest BCUT2D eigenvalue weighted by Crippen LogP contribution is 1.99. The Kier molecular flexibility index (Phi) is 6.70. The Balaban J connectivity index is 3.82. The second-order valence-electron chi connectivity index (χ2n) is 3.35. The average molecular weight is 217 g/mol. The molecule has 5 nitrogen and oxygen atoms in total. The van der Waals surface area contributed by atoms with Crippen LogP contribution in [0.15, 0.2) is 0 Å². The van der Waals surface area contributed by atoms with Gasteiger partial charge in [-0.15, -0.1) is 0 Å². The summed E-state index contributed by atoms with van der Waals surface area (Å²) >= 11 is 0. The van der Waals surface area contributed by atoms with Crippen molar-refractivity contribution in [3.8, 4) is 0 Å². The average Bonchev–Trinajstić information content (AvgIpc) is 2.16. The third-order valence-corrected chi connectivity index (χ3v) is 2.02. The van der Waals surface area contributed by atoms with Crippen LogP contribution in [0.3, 0.4) is 0 Å². The van der Waals surface area contributed by atoms with E-state index in [9.17, 15) is 9.59 Å². The number of carbonyl (C=O) groups is 2. The Morgan fingerprint density at radius 3 is 2.53 bits per heavy atom. The third kappa shape index (κ3) is 6.06. The zero-order valence-corrected chi connectivity index (χ0v) is 9.52. The van der Waals surface area contributed by atoms with Crippen molar-refractivity contribution >= 4 is 11.9 Å². The number of amides is 1. The van der Waals surface area contributed by atoms with E-state index in [0.29, 0.717) is 19.6 Å². The fraction of sp³-hybridized carbons (Fsp3) is 0.800. The van der Waals surface area contributed by atoms with Crippen molar-refractivity contribution in [2.75, 3.05) is 20.2 Å². The van der Waals surface area contributed by atoms with E-state index in [1.807, 2.05) is 6.92 Å². The molecule has 1 atom stereocenters. The molecule has 0 aromatic heterocycles. The van der Waals surface area contributed by atoms with Crippen molar-refractivity contribution in [1.82, 2.24) is 4.90 Å². The molecule has 0 aliphatic rings. The van der Waals surface area contributed by atoms with Crippen LogP contribution in [-0.4, -0.2) is 48.2 Å². The van der Waals surface area contributed by atoms with E-state index < -0.39 is 12.1 Å². The van der Waals surface area contributed by atoms with Crippen LogP contribution in [0.1, 0.15) is 26.7 Å². The molecule has 0 aromatic rings. The minimum Gasteiger partial charge on any atom is -0.481 e. The summed E-state index contributed by atoms with van der Waals surface area (Å²) in [4.78, 5) is 23.3. The van der Waals surface area contributed by atoms with Gasteiger partial charge in [-0.3, -0.25) is 9.59 Å². The van der Waals surface area contributed by atoms with Crippen molar-refractivity contribution < 1.29 is 19.4 Å². The summed E-state index contributed by atoms with van der Waals surface area (Å²) < 4.78 is 5.14. The monoisotopic (exact) mass is 217 g/mol. The van der Waals surface area contributed by atoms with Crippen LogP contribution in [0.25, 0.3) is 0 Å². The van der Waals surface area contributed by atoms with E-state index in [1.165, 1.54) is 4.90 Å². The molecule has 88 valence electrons. The molecule has 0 fully saturated rings. The topological polar surface area (TPSA) is 66.8 Å². The van der Waals surface area contributed by atoms with Crippen LogP contribution >= 0.6 is 0 Å². The molecule has 0 heterocycles. The molecule has 0 aromatic carbocycles. The molecular formula is C10H19NO4. The maximum atomic E-state index is 11.6. The lowest BCUT2D eigenvalue weighted by Gasteiger charge is -2.20. The fourth-order valence-corrected chi connectivity index (χ4v) is 1.21. The molecule has 5 heteroatoms. The number of carboxylic acid groups (broad SMARTS) is 1. The Hall–Kier alpha value is -1.10. The standard InChI is InChI=1S/C10H19NO4/c1-4-15-8(2)10(14)11(3)7-5-6-9(12)13/h8H,4-7H2,1-3H3,(H,12,13). The van der Waals surface area contributed by atoms with E-state index in [1.54, 1.807) is 14.0 Å². The van der Waals surface area contributed by atoms with Crippen LogP contribution in [0.2, 0.25) is 0 Å². The van der Waals surface area contributed by atoms with Crippen molar-refractivity contribution in [3.05, 3.63) is 0 Å². The highest BCUT2D eigenvalue weighted by molar-refractivity contribution is 5.80. The minimum absolute atomic E-state index is 0.0840. The molecule has 15 heavy (non-hydrogen) atoms. The molecular weight excluding hydrogens is 198 g/mol. The molecule has 0 spiro atoms. The molecule has 0 radical (unpaired) electrons. The number of aliphatic carboxylic acids is 1. The summed E-state index contributed by atoms with van der Waals surface area (Å²) in [6.45, 7) is 4.46. The van der Waals surface area contributed by atoms with Gasteiger partial charge >= 0.3 is 5.97 Å². The number of hydrogen-bond acceptors (Lipinski definition) is 3. The van der Waals surface area contributed by atoms with Gasteiger partial charge in [0, 0.05) is 26.6 Å². The molecule has 0 bridgehead atoms. The largest absolute Gasteiger partial charge is 0.481 e. The van der Waals surface area contributed by atoms with Gasteiger partial charge in [-0.2, -0.15) is 0 Å². The number of ether oxygens (including phenoxy) is 1. The predicted molar refractivity (Wildman–Crippen MR) is 55.6 cm³/mol. The van der Waals surface area contributed by atoms with E-state index in [2.05, 4.69) is 0 Å². The van der Waals surface area contributed by atoms with Crippen LogP contribution in [-0.2, 0) is 14.3 Å². The quantitative estimate of drug-likeness (QED) is 0.682. The van der Waals surface area contributed by atoms with Crippen molar-refractivity contribution in [3.63, 3.8) is 0 Å². The summed E-state index contributed by atoms with van der Waals surface area (Å²) in [5, 5.41) is 8.43. The minimum atomic E-state index is -0.839. The lowest BCUT2D eigenvalue weighted by atomic mass is 10.2. The van der Waals surface area contributed by atoms with E-state index in [4.69, 9.17) is 9.84 Å². The molecule has 0 rings (SSSR count). The second kappa shape index (κ2) is 7.23. The zero-order valence-electron chi connectivity index (χ0n) is 9.52. The zero-order chi connectivity index (χ0) is 11.8. The molecule has 1 amide bonds. The van der Waals surface area contributed by atoms with Gasteiger partial charge in [0.2, 0.25) is 0 Å². The Bertz CT molecular complexity index is 217. The number of hydrogen-bond donors (Lipinski definition) is 1. The van der Waals surface area contributed by atoms with Crippen LogP contribution < -0.4 is 0 Å². The summed E-state index contributed by atoms with van der Waals surface area (Å²) in [6.07, 6.45) is 0.0988. The normalized spacial score (nSPS) is 12.2. The number of nitrogens with zero attached hydrogens (tertiary/aromatic N) is 1. The van der Waals surface area contributed by atoms with E-state index >= 15 is 0 Å². The Morgan fingerprint density at radius 2 is 2.07 bits per heavy atom. The predicted octanol–water partition coefficient (Wildman–Crippen LogP) is 0.735. The molecule has 0 aliphatic carbocycles. The SMILES string of the molecule is CCOC(C)C(=O)N(C)CCCC(=O)O. The summed E-state index contributed by atoms with van der Waals surface area (Å²) in [7, 11) is 1.65. The molecule has 0 saturated heterocycles. The second-order valence-corrected chi connectivity index (χ2v) is 3.35. The number of likely N-dealkylation sites (N-methyl/N-ethyl adjacent to an activating group) is 1. The highest BCUT2D eigenvalue weighted by atomic mass is 16.5. The first-order chi connectivity index (χ1) is 6.99. The first-order valence-electron chi connectivity index (χ1n) is 5.07. The maximum absolute atomic E-state index is 11.6. The smallest absolute Gasteiger partial charge is 0.303 e. The summed E-state index contributed by atoms with van der Waals surface area (Å²) in [6, 6.07) is 0. The Labute approximate surface area is 90.0 Å². The van der Waals surface area contributed by atoms with E-state index in [0.717, 1.165) is 0 Å². The third-order valence-electron chi connectivity index (χ3n) is 2.02. The number of carbonyl (C=O) groups excluding carboxylic acids is 1. The molecule has 0 aliphatic heterocycles. The fourth-order valence-electron chi connectivity index (χ4n) is 1.21. The summed E-state index contributed by atoms with van der Waals surface area (Å²) in [5.41, 5.74) is 0. The van der Waals surface area contributed by atoms with Crippen molar-refractivity contribution in [1.29, 1.82) is 0 Å².